The molecule has 0 aliphatic heterocycles. The second kappa shape index (κ2) is 8.40. The number of carbonyl (C=O) groups is 1. The molecule has 0 spiro atoms. The Morgan fingerprint density at radius 1 is 1.36 bits per heavy atom. The number of rotatable bonds is 7. The Labute approximate surface area is 170 Å². The molecule has 0 saturated carbocycles. The molecule has 0 bridgehead atoms. The number of nitrogens with one attached hydrogen (secondary N) is 1. The summed E-state index contributed by atoms with van der Waals surface area (Å²) in [4.78, 5) is 45.1. The maximum atomic E-state index is 12.6. The number of thiazole rings is 1. The molecular formula is C19H23N3O4S2. The van der Waals surface area contributed by atoms with Gasteiger partial charge in [0.05, 0.1) is 5.39 Å². The van der Waals surface area contributed by atoms with E-state index >= 15 is 0 Å². The van der Waals surface area contributed by atoms with Gasteiger partial charge in [0, 0.05) is 16.0 Å². The molecule has 28 heavy (non-hydrogen) atoms. The van der Waals surface area contributed by atoms with Gasteiger partial charge in [-0.25, -0.2) is 4.98 Å². The summed E-state index contributed by atoms with van der Waals surface area (Å²) >= 11 is 2.53. The van der Waals surface area contributed by atoms with E-state index in [1.165, 1.54) is 15.9 Å². The van der Waals surface area contributed by atoms with Crippen molar-refractivity contribution in [2.45, 2.75) is 53.7 Å². The highest BCUT2D eigenvalue weighted by molar-refractivity contribution is 7.18. The highest BCUT2D eigenvalue weighted by Crippen LogP contribution is 2.29. The predicted molar refractivity (Wildman–Crippen MR) is 111 cm³/mol. The molecule has 0 aliphatic rings. The zero-order chi connectivity index (χ0) is 20.4. The van der Waals surface area contributed by atoms with E-state index in [0.717, 1.165) is 34.6 Å². The summed E-state index contributed by atoms with van der Waals surface area (Å²) in [6.45, 7) is 7.77. The molecule has 3 aromatic heterocycles. The number of thiophene rings is 1. The molecule has 1 atom stereocenters. The summed E-state index contributed by atoms with van der Waals surface area (Å²) in [7, 11) is 0. The second-order valence-corrected chi connectivity index (χ2v) is 8.96. The fourth-order valence-corrected chi connectivity index (χ4v) is 4.75. The number of fused-ring (bicyclic) bond motifs is 1. The average molecular weight is 422 g/mol. The molecule has 0 fully saturated rings. The SMILES string of the molecule is CC[C@H](C)Cc1c(C)sc2nc(COC(=O)Cn3c(C)csc3=O)[nH]c(=O)c12. The fraction of sp³-hybridized carbons (Fsp3) is 0.474. The van der Waals surface area contributed by atoms with Crippen LogP contribution in [0, 0.1) is 19.8 Å². The maximum Gasteiger partial charge on any atom is 0.326 e. The summed E-state index contributed by atoms with van der Waals surface area (Å²) in [5, 5.41) is 2.33. The topological polar surface area (TPSA) is 94.0 Å². The zero-order valence-electron chi connectivity index (χ0n) is 16.3. The number of hydrogen-bond donors (Lipinski definition) is 1. The maximum absolute atomic E-state index is 12.6. The molecule has 0 aromatic carbocycles. The minimum atomic E-state index is -0.550. The summed E-state index contributed by atoms with van der Waals surface area (Å²) in [5.74, 6) is 0.239. The number of aryl methyl sites for hydroxylation is 2. The number of esters is 1. The van der Waals surface area contributed by atoms with Gasteiger partial charge in [-0.05, 0) is 31.7 Å². The Morgan fingerprint density at radius 2 is 2.11 bits per heavy atom. The van der Waals surface area contributed by atoms with Gasteiger partial charge in [-0.15, -0.1) is 11.3 Å². The van der Waals surface area contributed by atoms with Gasteiger partial charge < -0.3 is 9.72 Å². The van der Waals surface area contributed by atoms with Gasteiger partial charge in [0.1, 0.15) is 23.8 Å². The third-order valence-corrected chi connectivity index (χ3v) is 6.72. The number of hydrogen-bond acceptors (Lipinski definition) is 7. The van der Waals surface area contributed by atoms with Crippen molar-refractivity contribution in [3.05, 3.63) is 47.4 Å². The van der Waals surface area contributed by atoms with E-state index in [-0.39, 0.29) is 23.6 Å². The summed E-state index contributed by atoms with van der Waals surface area (Å²) < 4.78 is 6.57. The van der Waals surface area contributed by atoms with Gasteiger partial charge in [0.2, 0.25) is 0 Å². The van der Waals surface area contributed by atoms with E-state index < -0.39 is 5.97 Å². The molecule has 3 heterocycles. The van der Waals surface area contributed by atoms with Gasteiger partial charge >= 0.3 is 10.8 Å². The van der Waals surface area contributed by atoms with Crippen molar-refractivity contribution >= 4 is 38.9 Å². The average Bonchev–Trinajstić information content (AvgIpc) is 3.13. The predicted octanol–water partition coefficient (Wildman–Crippen LogP) is 3.16. The van der Waals surface area contributed by atoms with Crippen molar-refractivity contribution in [2.75, 3.05) is 0 Å². The number of H-pyrrole nitrogens is 1. The number of nitrogens with zero attached hydrogens (tertiary/aromatic N) is 2. The minimum Gasteiger partial charge on any atom is -0.456 e. The summed E-state index contributed by atoms with van der Waals surface area (Å²) in [5.41, 5.74) is 1.56. The first-order valence-corrected chi connectivity index (χ1v) is 10.8. The highest BCUT2D eigenvalue weighted by atomic mass is 32.1. The lowest BCUT2D eigenvalue weighted by atomic mass is 9.98. The van der Waals surface area contributed by atoms with Crippen molar-refractivity contribution in [2.24, 2.45) is 5.92 Å². The van der Waals surface area contributed by atoms with Crippen LogP contribution < -0.4 is 10.4 Å². The molecule has 1 N–H and O–H groups in total. The molecule has 7 nitrogen and oxygen atoms in total. The highest BCUT2D eigenvalue weighted by Gasteiger charge is 2.17. The molecule has 3 aromatic rings. The summed E-state index contributed by atoms with van der Waals surface area (Å²) in [6, 6.07) is 0. The van der Waals surface area contributed by atoms with Crippen LogP contribution in [0.3, 0.4) is 0 Å². The number of aromatic nitrogens is 3. The van der Waals surface area contributed by atoms with Crippen LogP contribution in [0.1, 0.15) is 42.2 Å². The third kappa shape index (κ3) is 4.25. The number of ether oxygens (including phenoxy) is 1. The quantitative estimate of drug-likeness (QED) is 0.592. The van der Waals surface area contributed by atoms with E-state index in [4.69, 9.17) is 4.74 Å². The van der Waals surface area contributed by atoms with Crippen LogP contribution in [0.25, 0.3) is 10.2 Å². The first kappa shape index (κ1) is 20.5. The van der Waals surface area contributed by atoms with Crippen LogP contribution in [0.5, 0.6) is 0 Å². The third-order valence-electron chi connectivity index (χ3n) is 4.79. The van der Waals surface area contributed by atoms with Crippen molar-refractivity contribution in [3.8, 4) is 0 Å². The van der Waals surface area contributed by atoms with Gasteiger partial charge in [-0.1, -0.05) is 31.6 Å². The standard InChI is InChI=1S/C19H23N3O4S2/c1-5-10(2)6-13-12(4)28-18-16(13)17(24)20-14(21-18)8-26-15(23)7-22-11(3)9-27-19(22)25/h9-10H,5-8H2,1-4H3,(H,20,21,24)/t10-/m0/s1. The van der Waals surface area contributed by atoms with E-state index in [2.05, 4.69) is 23.8 Å². The van der Waals surface area contributed by atoms with Crippen LogP contribution >= 0.6 is 22.7 Å². The van der Waals surface area contributed by atoms with Crippen molar-refractivity contribution in [1.82, 2.24) is 14.5 Å². The first-order chi connectivity index (χ1) is 13.3. The van der Waals surface area contributed by atoms with E-state index in [9.17, 15) is 14.4 Å². The molecule has 0 aliphatic carbocycles. The van der Waals surface area contributed by atoms with Crippen LogP contribution in [0.2, 0.25) is 0 Å². The van der Waals surface area contributed by atoms with Gasteiger partial charge in [-0.3, -0.25) is 19.0 Å². The van der Waals surface area contributed by atoms with E-state index in [1.54, 1.807) is 12.3 Å². The van der Waals surface area contributed by atoms with Gasteiger partial charge in [-0.2, -0.15) is 0 Å². The zero-order valence-corrected chi connectivity index (χ0v) is 18.0. The van der Waals surface area contributed by atoms with E-state index in [1.807, 2.05) is 6.92 Å². The van der Waals surface area contributed by atoms with Gasteiger partial charge in [0.25, 0.3) is 5.56 Å². The molecule has 150 valence electrons. The van der Waals surface area contributed by atoms with Crippen LogP contribution in [-0.4, -0.2) is 20.5 Å². The number of carbonyl (C=O) groups excluding carboxylic acids is 1. The van der Waals surface area contributed by atoms with Crippen LogP contribution in [0.4, 0.5) is 0 Å². The Morgan fingerprint density at radius 3 is 2.75 bits per heavy atom. The number of aromatic amines is 1. The molecule has 3 rings (SSSR count). The van der Waals surface area contributed by atoms with Crippen LogP contribution in [0.15, 0.2) is 15.0 Å². The smallest absolute Gasteiger partial charge is 0.326 e. The first-order valence-electron chi connectivity index (χ1n) is 9.11. The van der Waals surface area contributed by atoms with Crippen molar-refractivity contribution in [3.63, 3.8) is 0 Å². The normalized spacial score (nSPS) is 12.4. The Kier molecular flexibility index (Phi) is 6.14. The Bertz CT molecular complexity index is 1120. The Balaban J connectivity index is 1.76. The van der Waals surface area contributed by atoms with E-state index in [0.29, 0.717) is 27.7 Å². The molecule has 0 amide bonds. The molecule has 9 heteroatoms. The fourth-order valence-electron chi connectivity index (χ4n) is 2.95. The molecule has 0 radical (unpaired) electrons. The molecular weight excluding hydrogens is 398 g/mol. The lowest BCUT2D eigenvalue weighted by Gasteiger charge is -2.08. The second-order valence-electron chi connectivity index (χ2n) is 6.94. The lowest BCUT2D eigenvalue weighted by Crippen LogP contribution is -2.22. The van der Waals surface area contributed by atoms with Crippen molar-refractivity contribution < 1.29 is 9.53 Å². The van der Waals surface area contributed by atoms with Crippen LogP contribution in [-0.2, 0) is 29.1 Å². The van der Waals surface area contributed by atoms with Gasteiger partial charge in [0.15, 0.2) is 0 Å². The van der Waals surface area contributed by atoms with Crippen molar-refractivity contribution in [1.29, 1.82) is 0 Å². The monoisotopic (exact) mass is 421 g/mol. The lowest BCUT2D eigenvalue weighted by molar-refractivity contribution is -0.146. The largest absolute Gasteiger partial charge is 0.456 e. The Hall–Kier alpha value is -2.26. The molecule has 0 unspecified atom stereocenters. The molecule has 0 saturated heterocycles. The minimum absolute atomic E-state index is 0.139. The summed E-state index contributed by atoms with van der Waals surface area (Å²) in [6.07, 6.45) is 1.89.